The molecule has 0 unspecified atom stereocenters. The van der Waals surface area contributed by atoms with Gasteiger partial charge in [0.25, 0.3) is 5.91 Å². The van der Waals surface area contributed by atoms with Crippen LogP contribution >= 0.6 is 22.9 Å². The summed E-state index contributed by atoms with van der Waals surface area (Å²) in [6.07, 6.45) is 1.60. The summed E-state index contributed by atoms with van der Waals surface area (Å²) in [7, 11) is 0. The topological polar surface area (TPSA) is 46.3 Å². The molecule has 4 nitrogen and oxygen atoms in total. The van der Waals surface area contributed by atoms with Gasteiger partial charge in [0, 0.05) is 5.56 Å². The van der Waals surface area contributed by atoms with Crippen LogP contribution in [0.15, 0.2) is 65.3 Å². The Hall–Kier alpha value is -2.63. The zero-order valence-electron chi connectivity index (χ0n) is 14.0. The minimum absolute atomic E-state index is 0.128. The maximum atomic E-state index is 13.2. The normalized spacial score (nSPS) is 11.0. The molecule has 0 aliphatic heterocycles. The molecule has 0 spiro atoms. The first-order valence-electron chi connectivity index (χ1n) is 8.08. The van der Waals surface area contributed by atoms with E-state index >= 15 is 0 Å². The van der Waals surface area contributed by atoms with Gasteiger partial charge in [-0.1, -0.05) is 46.7 Å². The van der Waals surface area contributed by atoms with E-state index in [0.717, 1.165) is 10.3 Å². The average molecular weight is 383 g/mol. The highest BCUT2D eigenvalue weighted by molar-refractivity contribution is 7.22. The van der Waals surface area contributed by atoms with Gasteiger partial charge in [0.1, 0.15) is 11.3 Å². The summed E-state index contributed by atoms with van der Waals surface area (Å²) < 4.78 is 6.38. The molecule has 2 aromatic carbocycles. The number of carbonyl (C=O) groups excluding carboxylic acids is 1. The van der Waals surface area contributed by atoms with E-state index in [1.807, 2.05) is 49.4 Å². The quantitative estimate of drug-likeness (QED) is 0.455. The van der Waals surface area contributed by atoms with Crippen molar-refractivity contribution in [3.05, 3.63) is 82.8 Å². The van der Waals surface area contributed by atoms with Crippen molar-refractivity contribution in [2.45, 2.75) is 13.5 Å². The first-order chi connectivity index (χ1) is 12.6. The van der Waals surface area contributed by atoms with Gasteiger partial charge in [-0.2, -0.15) is 0 Å². The molecule has 0 radical (unpaired) electrons. The minimum atomic E-state index is -0.128. The summed E-state index contributed by atoms with van der Waals surface area (Å²) in [4.78, 5) is 19.4. The van der Waals surface area contributed by atoms with E-state index in [4.69, 9.17) is 16.0 Å². The van der Waals surface area contributed by atoms with Gasteiger partial charge >= 0.3 is 0 Å². The number of aromatic nitrogens is 1. The number of amides is 1. The van der Waals surface area contributed by atoms with Crippen LogP contribution < -0.4 is 4.90 Å². The number of rotatable bonds is 4. The standard InChI is InChI=1S/C20H15ClN2O2S/c1-13-7-9-14(10-8-13)19(24)23(12-15-4-3-11-25-15)20-22-18-16(21)5-2-6-17(18)26-20/h2-11H,12H2,1H3. The Balaban J connectivity index is 1.77. The Bertz CT molecular complexity index is 1060. The second-order valence-corrected chi connectivity index (χ2v) is 7.34. The number of nitrogens with zero attached hydrogens (tertiary/aromatic N) is 2. The van der Waals surface area contributed by atoms with Gasteiger partial charge in [0.05, 0.1) is 22.5 Å². The van der Waals surface area contributed by atoms with Crippen molar-refractivity contribution in [1.29, 1.82) is 0 Å². The van der Waals surface area contributed by atoms with E-state index in [2.05, 4.69) is 4.98 Å². The number of fused-ring (bicyclic) bond motifs is 1. The third kappa shape index (κ3) is 3.23. The number of halogens is 1. The molecule has 0 aliphatic carbocycles. The van der Waals surface area contributed by atoms with Gasteiger partial charge in [-0.05, 0) is 43.3 Å². The van der Waals surface area contributed by atoms with Gasteiger partial charge in [0.2, 0.25) is 0 Å². The average Bonchev–Trinajstić information content (AvgIpc) is 3.30. The lowest BCUT2D eigenvalue weighted by Crippen LogP contribution is -2.30. The number of furan rings is 1. The number of aryl methyl sites for hydroxylation is 1. The maximum absolute atomic E-state index is 13.2. The SMILES string of the molecule is Cc1ccc(C(=O)N(Cc2ccco2)c2nc3c(Cl)cccc3s2)cc1. The first-order valence-corrected chi connectivity index (χ1v) is 9.27. The van der Waals surface area contributed by atoms with Crippen LogP contribution in [0, 0.1) is 6.92 Å². The van der Waals surface area contributed by atoms with Crippen molar-refractivity contribution in [1.82, 2.24) is 4.98 Å². The highest BCUT2D eigenvalue weighted by Crippen LogP contribution is 2.34. The lowest BCUT2D eigenvalue weighted by Gasteiger charge is -2.18. The van der Waals surface area contributed by atoms with E-state index < -0.39 is 0 Å². The monoisotopic (exact) mass is 382 g/mol. The molecule has 0 aliphatic rings. The minimum Gasteiger partial charge on any atom is -0.467 e. The summed E-state index contributed by atoms with van der Waals surface area (Å²) in [6.45, 7) is 2.29. The number of anilines is 1. The van der Waals surface area contributed by atoms with Crippen molar-refractivity contribution in [2.75, 3.05) is 4.90 Å². The number of hydrogen-bond donors (Lipinski definition) is 0. The van der Waals surface area contributed by atoms with E-state index in [9.17, 15) is 4.79 Å². The predicted octanol–water partition coefficient (Wildman–Crippen LogP) is 5.70. The van der Waals surface area contributed by atoms with Crippen LogP contribution in [0.25, 0.3) is 10.2 Å². The van der Waals surface area contributed by atoms with Crippen LogP contribution in [0.5, 0.6) is 0 Å². The predicted molar refractivity (Wildman–Crippen MR) is 105 cm³/mol. The number of carbonyl (C=O) groups is 1. The highest BCUT2D eigenvalue weighted by Gasteiger charge is 2.23. The molecule has 0 fully saturated rings. The molecule has 4 aromatic rings. The smallest absolute Gasteiger partial charge is 0.260 e. The lowest BCUT2D eigenvalue weighted by atomic mass is 10.1. The molecule has 1 amide bonds. The van der Waals surface area contributed by atoms with E-state index in [-0.39, 0.29) is 5.91 Å². The van der Waals surface area contributed by atoms with Gasteiger partial charge in [-0.25, -0.2) is 4.98 Å². The molecule has 2 aromatic heterocycles. The second kappa shape index (κ2) is 6.94. The summed E-state index contributed by atoms with van der Waals surface area (Å²) in [6, 6.07) is 16.8. The Morgan fingerprint density at radius 3 is 2.65 bits per heavy atom. The Morgan fingerprint density at radius 2 is 1.96 bits per heavy atom. The Kier molecular flexibility index (Phi) is 4.49. The van der Waals surface area contributed by atoms with Crippen LogP contribution in [0.4, 0.5) is 5.13 Å². The summed E-state index contributed by atoms with van der Waals surface area (Å²) in [5.74, 6) is 0.562. The first kappa shape index (κ1) is 16.8. The summed E-state index contributed by atoms with van der Waals surface area (Å²) in [5, 5.41) is 1.17. The van der Waals surface area contributed by atoms with Crippen molar-refractivity contribution >= 4 is 44.2 Å². The fourth-order valence-electron chi connectivity index (χ4n) is 2.66. The van der Waals surface area contributed by atoms with Crippen molar-refractivity contribution in [2.24, 2.45) is 0 Å². The van der Waals surface area contributed by atoms with Crippen molar-refractivity contribution < 1.29 is 9.21 Å². The van der Waals surface area contributed by atoms with E-state index in [1.54, 1.807) is 23.3 Å². The zero-order chi connectivity index (χ0) is 18.1. The number of thiazole rings is 1. The second-order valence-electron chi connectivity index (χ2n) is 5.92. The van der Waals surface area contributed by atoms with Crippen molar-refractivity contribution in [3.63, 3.8) is 0 Å². The van der Waals surface area contributed by atoms with Gasteiger partial charge in [-0.15, -0.1) is 0 Å². The molecule has 2 heterocycles. The van der Waals surface area contributed by atoms with Gasteiger partial charge < -0.3 is 4.42 Å². The molecular weight excluding hydrogens is 368 g/mol. The van der Waals surface area contributed by atoms with Crippen LogP contribution in [0.3, 0.4) is 0 Å². The molecule has 26 heavy (non-hydrogen) atoms. The summed E-state index contributed by atoms with van der Waals surface area (Å²) >= 11 is 7.69. The third-order valence-corrected chi connectivity index (χ3v) is 5.38. The molecule has 0 atom stereocenters. The van der Waals surface area contributed by atoms with Crippen molar-refractivity contribution in [3.8, 4) is 0 Å². The van der Waals surface area contributed by atoms with Gasteiger partial charge in [-0.3, -0.25) is 9.69 Å². The van der Waals surface area contributed by atoms with E-state index in [1.165, 1.54) is 11.3 Å². The molecule has 0 N–H and O–H groups in total. The molecule has 0 saturated heterocycles. The largest absolute Gasteiger partial charge is 0.467 e. The van der Waals surface area contributed by atoms with Crippen LogP contribution in [-0.4, -0.2) is 10.9 Å². The number of hydrogen-bond acceptors (Lipinski definition) is 4. The van der Waals surface area contributed by atoms with E-state index in [0.29, 0.717) is 33.5 Å². The molecule has 6 heteroatoms. The molecular formula is C20H15ClN2O2S. The van der Waals surface area contributed by atoms with Crippen LogP contribution in [0.1, 0.15) is 21.7 Å². The fourth-order valence-corrected chi connectivity index (χ4v) is 3.92. The maximum Gasteiger partial charge on any atom is 0.260 e. The van der Waals surface area contributed by atoms with Gasteiger partial charge in [0.15, 0.2) is 5.13 Å². The molecule has 130 valence electrons. The highest BCUT2D eigenvalue weighted by atomic mass is 35.5. The molecule has 0 bridgehead atoms. The Morgan fingerprint density at radius 1 is 1.15 bits per heavy atom. The third-order valence-electron chi connectivity index (χ3n) is 4.03. The number of para-hydroxylation sites is 1. The summed E-state index contributed by atoms with van der Waals surface area (Å²) in [5.41, 5.74) is 2.41. The van der Waals surface area contributed by atoms with Crippen LogP contribution in [0.2, 0.25) is 5.02 Å². The Labute approximate surface area is 159 Å². The zero-order valence-corrected chi connectivity index (χ0v) is 15.6. The number of benzene rings is 2. The molecule has 0 saturated carbocycles. The lowest BCUT2D eigenvalue weighted by molar-refractivity contribution is 0.0983. The van der Waals surface area contributed by atoms with Crippen LogP contribution in [-0.2, 0) is 6.54 Å². The molecule has 4 rings (SSSR count). The fraction of sp³-hybridized carbons (Fsp3) is 0.100.